The van der Waals surface area contributed by atoms with Gasteiger partial charge in [0.05, 0.1) is 65.7 Å². The molecule has 2 amide bonds. The number of halogens is 2. The summed E-state index contributed by atoms with van der Waals surface area (Å²) in [4.78, 5) is 22.6. The monoisotopic (exact) mass is 503 g/mol. The Bertz CT molecular complexity index is 1320. The second kappa shape index (κ2) is 9.50. The van der Waals surface area contributed by atoms with Gasteiger partial charge in [0, 0.05) is 12.7 Å². The molecule has 4 aromatic heterocycles. The molecule has 1 unspecified atom stereocenters. The maximum absolute atomic E-state index is 12.8. The number of aromatic nitrogens is 7. The molecule has 12 nitrogen and oxygen atoms in total. The summed E-state index contributed by atoms with van der Waals surface area (Å²) >= 11 is 12.4. The maximum Gasteiger partial charge on any atom is 0.323 e. The van der Waals surface area contributed by atoms with Crippen molar-refractivity contribution in [3.63, 3.8) is 0 Å². The first-order chi connectivity index (χ1) is 16.5. The summed E-state index contributed by atoms with van der Waals surface area (Å²) in [6.07, 6.45) is 6.31. The number of anilines is 2. The number of fused-ring (bicyclic) bond motifs is 1. The topological polar surface area (TPSA) is 133 Å². The Labute approximate surface area is 203 Å². The van der Waals surface area contributed by atoms with Gasteiger partial charge in [-0.15, -0.1) is 4.80 Å². The lowest BCUT2D eigenvalue weighted by atomic mass is 10.2. The highest BCUT2D eigenvalue weighted by Gasteiger charge is 2.25. The highest BCUT2D eigenvalue weighted by Crippen LogP contribution is 2.29. The van der Waals surface area contributed by atoms with E-state index in [2.05, 4.69) is 35.9 Å². The number of carbonyl (C=O) groups excluding carboxylic acids is 1. The Morgan fingerprint density at radius 1 is 1.21 bits per heavy atom. The first-order valence-electron chi connectivity index (χ1n) is 10.4. The van der Waals surface area contributed by atoms with Crippen molar-refractivity contribution in [2.24, 2.45) is 0 Å². The largest absolute Gasteiger partial charge is 0.379 e. The number of ether oxygens (including phenoxy) is 2. The van der Waals surface area contributed by atoms with E-state index in [9.17, 15) is 4.79 Å². The van der Waals surface area contributed by atoms with Gasteiger partial charge in [-0.3, -0.25) is 0 Å². The fourth-order valence-electron chi connectivity index (χ4n) is 3.64. The Morgan fingerprint density at radius 2 is 2.03 bits per heavy atom. The van der Waals surface area contributed by atoms with E-state index in [0.717, 1.165) is 6.42 Å². The van der Waals surface area contributed by atoms with Crippen LogP contribution in [-0.4, -0.2) is 59.9 Å². The molecule has 176 valence electrons. The number of nitrogens with one attached hydrogen (secondary N) is 2. The molecule has 4 aromatic rings. The van der Waals surface area contributed by atoms with Crippen LogP contribution in [0.5, 0.6) is 0 Å². The molecule has 1 aliphatic rings. The van der Waals surface area contributed by atoms with Crippen LogP contribution in [0.1, 0.15) is 25.1 Å². The maximum atomic E-state index is 12.8. The smallest absolute Gasteiger partial charge is 0.323 e. The van der Waals surface area contributed by atoms with Crippen molar-refractivity contribution >= 4 is 46.3 Å². The van der Waals surface area contributed by atoms with Gasteiger partial charge in [0.25, 0.3) is 0 Å². The van der Waals surface area contributed by atoms with Gasteiger partial charge in [-0.1, -0.05) is 23.2 Å². The van der Waals surface area contributed by atoms with Crippen molar-refractivity contribution in [2.45, 2.75) is 25.6 Å². The molecule has 1 fully saturated rings. The number of hydrogen-bond donors (Lipinski definition) is 2. The first-order valence-corrected chi connectivity index (χ1v) is 11.1. The molecule has 0 radical (unpaired) electrons. The molecule has 2 N–H and O–H groups in total. The molecule has 0 saturated carbocycles. The molecule has 14 heteroatoms. The summed E-state index contributed by atoms with van der Waals surface area (Å²) in [7, 11) is 0. The van der Waals surface area contributed by atoms with Crippen molar-refractivity contribution in [2.75, 3.05) is 23.8 Å². The van der Waals surface area contributed by atoms with E-state index in [1.165, 1.54) is 29.6 Å². The van der Waals surface area contributed by atoms with E-state index in [1.807, 2.05) is 6.92 Å². The fraction of sp³-hybridized carbons (Fsp3) is 0.300. The Morgan fingerprint density at radius 3 is 2.76 bits per heavy atom. The summed E-state index contributed by atoms with van der Waals surface area (Å²) in [6, 6.07) is 2.65. The van der Waals surface area contributed by atoms with Crippen molar-refractivity contribution in [1.29, 1.82) is 0 Å². The fourth-order valence-corrected chi connectivity index (χ4v) is 4.06. The van der Waals surface area contributed by atoms with Crippen molar-refractivity contribution < 1.29 is 14.3 Å². The lowest BCUT2D eigenvalue weighted by Crippen LogP contribution is -2.24. The number of rotatable bonds is 6. The standard InChI is InChI=1S/C20H19Cl2N9O3/c1-11(34-13-2-5-33-10-13)18-15(9-23-17-7-16(22)29-30(17)18)28-20(32)27-12-6-14(21)19(24-8-12)31-25-3-4-26-31/h3-4,6-9,11,13H,2,5,10H2,1H3,(H2,27,28,32)/t11?,13-/m0/s1. The van der Waals surface area contributed by atoms with E-state index < -0.39 is 12.1 Å². The van der Waals surface area contributed by atoms with Crippen molar-refractivity contribution in [1.82, 2.24) is 34.6 Å². The average Bonchev–Trinajstić information content (AvgIpc) is 3.55. The summed E-state index contributed by atoms with van der Waals surface area (Å²) in [5, 5.41) is 18.3. The van der Waals surface area contributed by atoms with Crippen LogP contribution in [0.15, 0.2) is 36.9 Å². The highest BCUT2D eigenvalue weighted by molar-refractivity contribution is 6.32. The van der Waals surface area contributed by atoms with Crippen molar-refractivity contribution in [3.8, 4) is 5.82 Å². The van der Waals surface area contributed by atoms with Crippen LogP contribution in [0.25, 0.3) is 11.5 Å². The minimum atomic E-state index is -0.528. The van der Waals surface area contributed by atoms with Gasteiger partial charge >= 0.3 is 6.03 Å². The quantitative estimate of drug-likeness (QED) is 0.408. The Kier molecular flexibility index (Phi) is 6.28. The molecule has 2 atom stereocenters. The van der Waals surface area contributed by atoms with Gasteiger partial charge in [-0.2, -0.15) is 15.3 Å². The van der Waals surface area contributed by atoms with Crippen molar-refractivity contribution in [3.05, 3.63) is 52.8 Å². The molecule has 5 heterocycles. The number of carbonyl (C=O) groups is 1. The second-order valence-corrected chi connectivity index (χ2v) is 8.28. The van der Waals surface area contributed by atoms with Gasteiger partial charge in [-0.05, 0) is 19.4 Å². The van der Waals surface area contributed by atoms with Crippen LogP contribution >= 0.6 is 23.2 Å². The predicted molar refractivity (Wildman–Crippen MR) is 124 cm³/mol. The molecule has 5 rings (SSSR count). The van der Waals surface area contributed by atoms with Gasteiger partial charge < -0.3 is 20.1 Å². The molecule has 1 aliphatic heterocycles. The zero-order valence-corrected chi connectivity index (χ0v) is 19.4. The summed E-state index contributed by atoms with van der Waals surface area (Å²) in [6.45, 7) is 3.03. The van der Waals surface area contributed by atoms with Gasteiger partial charge in [-0.25, -0.2) is 19.3 Å². The minimum absolute atomic E-state index is 0.0538. The Balaban J connectivity index is 1.37. The molecular weight excluding hydrogens is 485 g/mol. The molecule has 0 aliphatic carbocycles. The van der Waals surface area contributed by atoms with Gasteiger partial charge in [0.2, 0.25) is 0 Å². The van der Waals surface area contributed by atoms with E-state index >= 15 is 0 Å². The third-order valence-electron chi connectivity index (χ3n) is 5.10. The van der Waals surface area contributed by atoms with Crippen LogP contribution in [0.2, 0.25) is 10.2 Å². The van der Waals surface area contributed by atoms with Crippen LogP contribution in [0.3, 0.4) is 0 Å². The highest BCUT2D eigenvalue weighted by atomic mass is 35.5. The molecule has 34 heavy (non-hydrogen) atoms. The molecule has 0 spiro atoms. The zero-order valence-electron chi connectivity index (χ0n) is 17.9. The summed E-state index contributed by atoms with van der Waals surface area (Å²) in [5.41, 5.74) is 1.91. The van der Waals surface area contributed by atoms with Gasteiger partial charge in [0.15, 0.2) is 16.6 Å². The molecule has 0 aromatic carbocycles. The lowest BCUT2D eigenvalue weighted by Gasteiger charge is -2.21. The van der Waals surface area contributed by atoms with E-state index in [0.29, 0.717) is 41.7 Å². The van der Waals surface area contributed by atoms with E-state index in [-0.39, 0.29) is 16.3 Å². The van der Waals surface area contributed by atoms with Crippen LogP contribution in [0, 0.1) is 0 Å². The van der Waals surface area contributed by atoms with E-state index in [1.54, 1.807) is 16.6 Å². The third kappa shape index (κ3) is 4.66. The summed E-state index contributed by atoms with van der Waals surface area (Å²) < 4.78 is 13.1. The lowest BCUT2D eigenvalue weighted by molar-refractivity contribution is -0.0102. The first kappa shape index (κ1) is 22.5. The SMILES string of the molecule is CC(O[C@H]1CCOC1)c1c(NC(=O)Nc2cnc(-n3nccn3)c(Cl)c2)cnc2cc(Cl)nn12. The van der Waals surface area contributed by atoms with Crippen LogP contribution < -0.4 is 10.6 Å². The third-order valence-corrected chi connectivity index (χ3v) is 5.56. The molecular formula is C20H19Cl2N9O3. The average molecular weight is 504 g/mol. The number of hydrogen-bond acceptors (Lipinski definition) is 8. The van der Waals surface area contributed by atoms with Crippen LogP contribution in [0.4, 0.5) is 16.2 Å². The predicted octanol–water partition coefficient (Wildman–Crippen LogP) is 3.52. The molecule has 0 bridgehead atoms. The number of pyridine rings is 1. The zero-order chi connectivity index (χ0) is 23.7. The molecule has 1 saturated heterocycles. The second-order valence-electron chi connectivity index (χ2n) is 7.49. The summed E-state index contributed by atoms with van der Waals surface area (Å²) in [5.74, 6) is 0.340. The Hall–Kier alpha value is -3.32. The number of amides is 2. The van der Waals surface area contributed by atoms with E-state index in [4.69, 9.17) is 32.7 Å². The number of nitrogens with zero attached hydrogens (tertiary/aromatic N) is 7. The normalized spacial score (nSPS) is 16.6. The minimum Gasteiger partial charge on any atom is -0.379 e. The van der Waals surface area contributed by atoms with Crippen LogP contribution in [-0.2, 0) is 9.47 Å². The van der Waals surface area contributed by atoms with Gasteiger partial charge in [0.1, 0.15) is 0 Å². The number of urea groups is 1.